The molecule has 22 heavy (non-hydrogen) atoms. The molecule has 0 aliphatic heterocycles. The lowest BCUT2D eigenvalue weighted by Crippen LogP contribution is -2.50. The number of rotatable bonds is 6. The molecule has 2 rings (SSSR count). The molecule has 1 aliphatic rings. The smallest absolute Gasteiger partial charge is 0.0791 e. The van der Waals surface area contributed by atoms with Crippen LogP contribution in [0.5, 0.6) is 0 Å². The molecule has 1 atom stereocenters. The predicted molar refractivity (Wildman–Crippen MR) is 102 cm³/mol. The molecular formula is C20H31NSi. The van der Waals surface area contributed by atoms with E-state index >= 15 is 0 Å². The summed E-state index contributed by atoms with van der Waals surface area (Å²) < 4.78 is 0. The molecule has 1 aliphatic carbocycles. The molecule has 0 bridgehead atoms. The molecule has 1 N–H and O–H groups in total. The monoisotopic (exact) mass is 313 g/mol. The Balaban J connectivity index is 2.24. The molecule has 120 valence electrons. The van der Waals surface area contributed by atoms with Crippen molar-refractivity contribution in [2.75, 3.05) is 0 Å². The Morgan fingerprint density at radius 2 is 1.82 bits per heavy atom. The fourth-order valence-corrected chi connectivity index (χ4v) is 5.61. The molecule has 0 spiro atoms. The van der Waals surface area contributed by atoms with Crippen LogP contribution in [0.25, 0.3) is 0 Å². The second-order valence-corrected chi connectivity index (χ2v) is 9.93. The lowest BCUT2D eigenvalue weighted by molar-refractivity contribution is 0.423. The third-order valence-electron chi connectivity index (χ3n) is 4.01. The van der Waals surface area contributed by atoms with E-state index in [-0.39, 0.29) is 15.1 Å². The normalized spacial score (nSPS) is 17.2. The Labute approximate surface area is 138 Å². The molecule has 0 saturated heterocycles. The van der Waals surface area contributed by atoms with Crippen LogP contribution in [0.2, 0.25) is 0 Å². The maximum Gasteiger partial charge on any atom is 0.0791 e. The van der Waals surface area contributed by atoms with Crippen LogP contribution in [0.1, 0.15) is 47.5 Å². The molecule has 1 aromatic carbocycles. The van der Waals surface area contributed by atoms with Crippen LogP contribution >= 0.6 is 0 Å². The van der Waals surface area contributed by atoms with E-state index in [1.165, 1.54) is 6.42 Å². The second kappa shape index (κ2) is 7.43. The van der Waals surface area contributed by atoms with Crippen LogP contribution in [-0.4, -0.2) is 20.7 Å². The van der Waals surface area contributed by atoms with Crippen LogP contribution in [0, 0.1) is 5.92 Å². The Morgan fingerprint density at radius 1 is 1.14 bits per heavy atom. The van der Waals surface area contributed by atoms with Gasteiger partial charge in [-0.2, -0.15) is 0 Å². The zero-order valence-electron chi connectivity index (χ0n) is 14.8. The first-order chi connectivity index (χ1) is 10.3. The quantitative estimate of drug-likeness (QED) is 0.793. The van der Waals surface area contributed by atoms with Gasteiger partial charge in [0, 0.05) is 11.2 Å². The lowest BCUT2D eigenvalue weighted by Gasteiger charge is -2.31. The summed E-state index contributed by atoms with van der Waals surface area (Å²) in [5.74, 6) is 0.724. The molecule has 0 heterocycles. The van der Waals surface area contributed by atoms with Crippen LogP contribution in [0.3, 0.4) is 0 Å². The van der Waals surface area contributed by atoms with Gasteiger partial charge in [0.2, 0.25) is 0 Å². The topological polar surface area (TPSA) is 12.0 Å². The highest BCUT2D eigenvalue weighted by molar-refractivity contribution is 6.56. The number of allylic oxidation sites excluding steroid dienone is 3. The molecule has 1 aromatic rings. The minimum absolute atomic E-state index is 0.158. The zero-order chi connectivity index (χ0) is 16.2. The Hall–Kier alpha value is -1.12. The van der Waals surface area contributed by atoms with Gasteiger partial charge in [-0.15, -0.1) is 0 Å². The first kappa shape index (κ1) is 17.2. The molecule has 0 radical (unpaired) electrons. The van der Waals surface area contributed by atoms with Crippen molar-refractivity contribution in [1.29, 1.82) is 0 Å². The number of hydrogen-bond donors (Lipinski definition) is 1. The maximum absolute atomic E-state index is 3.91. The number of hydrogen-bond acceptors (Lipinski definition) is 1. The minimum atomic E-state index is -0.381. The summed E-state index contributed by atoms with van der Waals surface area (Å²) in [5.41, 5.74) is 3.95. The Kier molecular flexibility index (Phi) is 5.82. The van der Waals surface area contributed by atoms with E-state index in [2.05, 4.69) is 82.4 Å². The van der Waals surface area contributed by atoms with Gasteiger partial charge in [0.15, 0.2) is 0 Å². The van der Waals surface area contributed by atoms with Crippen LogP contribution in [-0.2, 0) is 0 Å². The van der Waals surface area contributed by atoms with Gasteiger partial charge < -0.3 is 5.32 Å². The molecule has 1 nitrogen and oxygen atoms in total. The molecule has 0 aromatic heterocycles. The van der Waals surface area contributed by atoms with E-state index in [4.69, 9.17) is 0 Å². The lowest BCUT2D eigenvalue weighted by atomic mass is 9.99. The van der Waals surface area contributed by atoms with Crippen LogP contribution < -0.4 is 10.5 Å². The number of nitrogens with one attached hydrogen (secondary N) is 1. The molecule has 2 heteroatoms. The first-order valence-electron chi connectivity index (χ1n) is 8.55. The van der Waals surface area contributed by atoms with E-state index in [1.54, 1.807) is 16.3 Å². The van der Waals surface area contributed by atoms with Crippen molar-refractivity contribution in [3.05, 3.63) is 53.6 Å². The van der Waals surface area contributed by atoms with Crippen molar-refractivity contribution in [2.45, 2.75) is 58.7 Å². The molecule has 0 fully saturated rings. The van der Waals surface area contributed by atoms with Gasteiger partial charge in [-0.1, -0.05) is 61.5 Å². The van der Waals surface area contributed by atoms with Gasteiger partial charge in [0.1, 0.15) is 0 Å². The molecule has 1 unspecified atom stereocenters. The Morgan fingerprint density at radius 3 is 2.41 bits per heavy atom. The van der Waals surface area contributed by atoms with Gasteiger partial charge in [-0.25, -0.2) is 0 Å². The van der Waals surface area contributed by atoms with Crippen molar-refractivity contribution >= 4 is 14.7 Å². The van der Waals surface area contributed by atoms with E-state index in [0.29, 0.717) is 5.67 Å². The molecule has 0 saturated carbocycles. The van der Waals surface area contributed by atoms with Gasteiger partial charge in [-0.3, -0.25) is 0 Å². The van der Waals surface area contributed by atoms with E-state index < -0.39 is 0 Å². The molecular weight excluding hydrogens is 282 g/mol. The standard InChI is InChI=1S/C20H31NSi/c1-15(2)14-16-10-9-13-18(16)19(21-20(3,4)5)22-17-11-7-6-8-12-17/h6-12,15,19,21H,13-14,22H2,1-5H3. The van der Waals surface area contributed by atoms with Gasteiger partial charge in [-0.05, 0) is 50.7 Å². The van der Waals surface area contributed by atoms with E-state index in [0.717, 1.165) is 12.3 Å². The largest absolute Gasteiger partial charge is 0.308 e. The fourth-order valence-electron chi connectivity index (χ4n) is 3.21. The minimum Gasteiger partial charge on any atom is -0.308 e. The number of benzene rings is 1. The molecule has 0 amide bonds. The average Bonchev–Trinajstić information content (AvgIpc) is 2.85. The summed E-state index contributed by atoms with van der Waals surface area (Å²) in [7, 11) is -0.381. The summed E-state index contributed by atoms with van der Waals surface area (Å²) in [6.45, 7) is 11.5. The predicted octanol–water partition coefficient (Wildman–Crippen LogP) is 3.50. The van der Waals surface area contributed by atoms with Crippen molar-refractivity contribution in [2.24, 2.45) is 5.92 Å². The van der Waals surface area contributed by atoms with Crippen LogP contribution in [0.4, 0.5) is 0 Å². The van der Waals surface area contributed by atoms with E-state index in [1.807, 2.05) is 0 Å². The Bertz CT molecular complexity index is 535. The van der Waals surface area contributed by atoms with Gasteiger partial charge in [0.05, 0.1) is 9.52 Å². The van der Waals surface area contributed by atoms with Crippen molar-refractivity contribution in [3.8, 4) is 0 Å². The summed E-state index contributed by atoms with van der Waals surface area (Å²) in [6, 6.07) is 11.1. The van der Waals surface area contributed by atoms with Gasteiger partial charge in [0.25, 0.3) is 0 Å². The van der Waals surface area contributed by atoms with Crippen molar-refractivity contribution in [1.82, 2.24) is 5.32 Å². The fraction of sp³-hybridized carbons (Fsp3) is 0.500. The van der Waals surface area contributed by atoms with Crippen molar-refractivity contribution in [3.63, 3.8) is 0 Å². The highest BCUT2D eigenvalue weighted by atomic mass is 28.2. The highest BCUT2D eigenvalue weighted by Gasteiger charge is 2.24. The summed E-state index contributed by atoms with van der Waals surface area (Å²) in [4.78, 5) is 0. The SMILES string of the molecule is CC(C)CC1=C(C(NC(C)(C)C)[SiH2]c2ccccc2)CC=C1. The second-order valence-electron chi connectivity index (χ2n) is 7.89. The zero-order valence-corrected chi connectivity index (χ0v) is 16.2. The maximum atomic E-state index is 3.91. The average molecular weight is 314 g/mol. The first-order valence-corrected chi connectivity index (χ1v) is 10.1. The summed E-state index contributed by atoms with van der Waals surface area (Å²) in [5, 5.41) is 5.46. The summed E-state index contributed by atoms with van der Waals surface area (Å²) in [6.07, 6.45) is 7.06. The highest BCUT2D eigenvalue weighted by Crippen LogP contribution is 2.27. The summed E-state index contributed by atoms with van der Waals surface area (Å²) >= 11 is 0. The van der Waals surface area contributed by atoms with Crippen molar-refractivity contribution < 1.29 is 0 Å². The van der Waals surface area contributed by atoms with Crippen LogP contribution in [0.15, 0.2) is 53.6 Å². The van der Waals surface area contributed by atoms with E-state index in [9.17, 15) is 0 Å². The third kappa shape index (κ3) is 5.26. The third-order valence-corrected chi connectivity index (χ3v) is 6.06. The van der Waals surface area contributed by atoms with Gasteiger partial charge >= 0.3 is 0 Å².